The number of hydrogen-bond acceptors (Lipinski definition) is 3. The molecule has 1 unspecified atom stereocenters. The Morgan fingerprint density at radius 3 is 2.88 bits per heavy atom. The van der Waals surface area contributed by atoms with Crippen molar-refractivity contribution in [2.45, 2.75) is 25.9 Å². The minimum Gasteiger partial charge on any atom is -0.491 e. The van der Waals surface area contributed by atoms with Crippen LogP contribution in [-0.2, 0) is 4.74 Å². The average molecular weight is 286 g/mol. The van der Waals surface area contributed by atoms with Crippen LogP contribution in [0, 0.1) is 5.92 Å². The molecule has 1 aliphatic carbocycles. The summed E-state index contributed by atoms with van der Waals surface area (Å²) in [5.74, 6) is 1.57. The van der Waals surface area contributed by atoms with Crippen molar-refractivity contribution in [1.29, 1.82) is 0 Å². The summed E-state index contributed by atoms with van der Waals surface area (Å²) in [6.45, 7) is 2.80. The van der Waals surface area contributed by atoms with E-state index in [-0.39, 0.29) is 6.10 Å². The molecular weight excluding hydrogens is 270 g/mol. The number of ether oxygens (including phenoxy) is 2. The number of pyridine rings is 1. The van der Waals surface area contributed by atoms with Crippen molar-refractivity contribution in [2.75, 3.05) is 13.7 Å². The van der Waals surface area contributed by atoms with Crippen molar-refractivity contribution in [3.05, 3.63) is 22.4 Å². The van der Waals surface area contributed by atoms with Crippen LogP contribution in [0.15, 0.2) is 16.9 Å². The van der Waals surface area contributed by atoms with Crippen LogP contribution in [0.1, 0.15) is 31.4 Å². The van der Waals surface area contributed by atoms with Gasteiger partial charge in [-0.15, -0.1) is 0 Å². The van der Waals surface area contributed by atoms with Crippen LogP contribution >= 0.6 is 15.9 Å². The topological polar surface area (TPSA) is 31.4 Å². The molecule has 2 rings (SSSR count). The zero-order valence-corrected chi connectivity index (χ0v) is 11.2. The van der Waals surface area contributed by atoms with E-state index in [2.05, 4.69) is 20.9 Å². The van der Waals surface area contributed by atoms with Crippen molar-refractivity contribution >= 4 is 15.9 Å². The maximum atomic E-state index is 5.79. The highest BCUT2D eigenvalue weighted by Crippen LogP contribution is 2.35. The molecule has 1 heterocycles. The minimum atomic E-state index is 0.00609. The van der Waals surface area contributed by atoms with Crippen molar-refractivity contribution < 1.29 is 9.47 Å². The number of halogens is 1. The lowest BCUT2D eigenvalue weighted by Gasteiger charge is -2.16. The van der Waals surface area contributed by atoms with Crippen molar-refractivity contribution in [1.82, 2.24) is 4.98 Å². The monoisotopic (exact) mass is 285 g/mol. The summed E-state index contributed by atoms with van der Waals surface area (Å²) in [6, 6.07) is 0. The standard InChI is InChI=1S/C12H16BrNO2/c1-8(15-2)12-10(13)5-14-6-11(12)16-7-9-3-4-9/h5-6,8-9H,3-4,7H2,1-2H3. The number of nitrogens with zero attached hydrogens (tertiary/aromatic N) is 1. The molecule has 0 saturated heterocycles. The van der Waals surface area contributed by atoms with Gasteiger partial charge in [0.05, 0.1) is 18.9 Å². The molecule has 1 aromatic heterocycles. The van der Waals surface area contributed by atoms with Crippen LogP contribution in [0.4, 0.5) is 0 Å². The number of rotatable bonds is 5. The summed E-state index contributed by atoms with van der Waals surface area (Å²) >= 11 is 3.49. The van der Waals surface area contributed by atoms with Gasteiger partial charge in [0.1, 0.15) is 5.75 Å². The zero-order valence-electron chi connectivity index (χ0n) is 9.57. The number of aromatic nitrogens is 1. The first-order chi connectivity index (χ1) is 7.72. The molecule has 1 saturated carbocycles. The molecule has 88 valence electrons. The second-order valence-electron chi connectivity index (χ2n) is 4.17. The van der Waals surface area contributed by atoms with Gasteiger partial charge in [-0.05, 0) is 41.6 Å². The first-order valence-corrected chi connectivity index (χ1v) is 6.30. The average Bonchev–Trinajstić information content (AvgIpc) is 3.09. The van der Waals surface area contributed by atoms with E-state index >= 15 is 0 Å². The molecule has 0 radical (unpaired) electrons. The Bertz CT molecular complexity index is 366. The molecule has 0 aliphatic heterocycles. The molecule has 1 aromatic rings. The molecule has 1 aliphatic rings. The summed E-state index contributed by atoms with van der Waals surface area (Å²) < 4.78 is 12.1. The second kappa shape index (κ2) is 5.15. The van der Waals surface area contributed by atoms with Gasteiger partial charge in [-0.25, -0.2) is 0 Å². The Balaban J connectivity index is 2.16. The van der Waals surface area contributed by atoms with E-state index in [1.165, 1.54) is 12.8 Å². The van der Waals surface area contributed by atoms with Gasteiger partial charge in [0.25, 0.3) is 0 Å². The van der Waals surface area contributed by atoms with E-state index < -0.39 is 0 Å². The largest absolute Gasteiger partial charge is 0.491 e. The van der Waals surface area contributed by atoms with Gasteiger partial charge in [-0.2, -0.15) is 0 Å². The third-order valence-corrected chi connectivity index (χ3v) is 3.47. The van der Waals surface area contributed by atoms with Gasteiger partial charge < -0.3 is 9.47 Å². The van der Waals surface area contributed by atoms with Crippen LogP contribution in [0.2, 0.25) is 0 Å². The highest BCUT2D eigenvalue weighted by molar-refractivity contribution is 9.10. The van der Waals surface area contributed by atoms with E-state index in [4.69, 9.17) is 9.47 Å². The Morgan fingerprint density at radius 2 is 2.25 bits per heavy atom. The zero-order chi connectivity index (χ0) is 11.5. The molecule has 1 atom stereocenters. The predicted octanol–water partition coefficient (Wildman–Crippen LogP) is 3.34. The lowest BCUT2D eigenvalue weighted by molar-refractivity contribution is 0.115. The van der Waals surface area contributed by atoms with E-state index in [9.17, 15) is 0 Å². The predicted molar refractivity (Wildman–Crippen MR) is 65.6 cm³/mol. The molecule has 0 bridgehead atoms. The lowest BCUT2D eigenvalue weighted by atomic mass is 10.1. The van der Waals surface area contributed by atoms with Gasteiger partial charge >= 0.3 is 0 Å². The maximum Gasteiger partial charge on any atom is 0.144 e. The SMILES string of the molecule is COC(C)c1c(Br)cncc1OCC1CC1. The molecule has 16 heavy (non-hydrogen) atoms. The van der Waals surface area contributed by atoms with Gasteiger partial charge in [0.2, 0.25) is 0 Å². The summed E-state index contributed by atoms with van der Waals surface area (Å²) in [4.78, 5) is 4.13. The fraction of sp³-hybridized carbons (Fsp3) is 0.583. The Morgan fingerprint density at radius 1 is 1.50 bits per heavy atom. The lowest BCUT2D eigenvalue weighted by Crippen LogP contribution is -2.06. The van der Waals surface area contributed by atoms with Crippen LogP contribution < -0.4 is 4.74 Å². The van der Waals surface area contributed by atoms with Crippen molar-refractivity contribution in [3.63, 3.8) is 0 Å². The molecule has 0 aromatic carbocycles. The fourth-order valence-corrected chi connectivity index (χ4v) is 2.18. The van der Waals surface area contributed by atoms with Crippen LogP contribution in [0.3, 0.4) is 0 Å². The third kappa shape index (κ3) is 2.74. The highest BCUT2D eigenvalue weighted by atomic mass is 79.9. The molecule has 4 heteroatoms. The Hall–Kier alpha value is -0.610. The van der Waals surface area contributed by atoms with Crippen LogP contribution in [0.5, 0.6) is 5.75 Å². The van der Waals surface area contributed by atoms with E-state index in [0.717, 1.165) is 28.3 Å². The van der Waals surface area contributed by atoms with E-state index in [1.54, 1.807) is 19.5 Å². The first kappa shape index (κ1) is 11.9. The van der Waals surface area contributed by atoms with Gasteiger partial charge in [0, 0.05) is 23.3 Å². The number of methoxy groups -OCH3 is 1. The fourth-order valence-electron chi connectivity index (χ4n) is 1.55. The Labute approximate surface area is 104 Å². The van der Waals surface area contributed by atoms with E-state index in [0.29, 0.717) is 0 Å². The van der Waals surface area contributed by atoms with Crippen molar-refractivity contribution in [3.8, 4) is 5.75 Å². The minimum absolute atomic E-state index is 0.00609. The quantitative estimate of drug-likeness (QED) is 0.832. The van der Waals surface area contributed by atoms with Gasteiger partial charge in [-0.1, -0.05) is 0 Å². The molecule has 3 nitrogen and oxygen atoms in total. The summed E-state index contributed by atoms with van der Waals surface area (Å²) in [5.41, 5.74) is 1.04. The van der Waals surface area contributed by atoms with Crippen molar-refractivity contribution in [2.24, 2.45) is 5.92 Å². The van der Waals surface area contributed by atoms with Crippen LogP contribution in [0.25, 0.3) is 0 Å². The van der Waals surface area contributed by atoms with Gasteiger partial charge in [0.15, 0.2) is 0 Å². The summed E-state index contributed by atoms with van der Waals surface area (Å²) in [6.07, 6.45) is 6.12. The smallest absolute Gasteiger partial charge is 0.144 e. The third-order valence-electron chi connectivity index (χ3n) is 2.83. The highest BCUT2D eigenvalue weighted by Gasteiger charge is 2.23. The molecule has 0 spiro atoms. The molecule has 0 N–H and O–H groups in total. The normalized spacial score (nSPS) is 17.2. The first-order valence-electron chi connectivity index (χ1n) is 5.51. The van der Waals surface area contributed by atoms with Crippen LogP contribution in [-0.4, -0.2) is 18.7 Å². The molecule has 1 fully saturated rings. The molecular formula is C12H16BrNO2. The Kier molecular flexibility index (Phi) is 3.82. The second-order valence-corrected chi connectivity index (χ2v) is 5.02. The number of hydrogen-bond donors (Lipinski definition) is 0. The summed E-state index contributed by atoms with van der Waals surface area (Å²) in [7, 11) is 1.70. The van der Waals surface area contributed by atoms with Gasteiger partial charge in [-0.3, -0.25) is 4.98 Å². The molecule has 0 amide bonds. The maximum absolute atomic E-state index is 5.79. The summed E-state index contributed by atoms with van der Waals surface area (Å²) in [5, 5.41) is 0. The van der Waals surface area contributed by atoms with E-state index in [1.807, 2.05) is 6.92 Å².